The molecule has 2 saturated heterocycles. The third kappa shape index (κ3) is 1.77. The minimum atomic E-state index is -0.373. The highest BCUT2D eigenvalue weighted by molar-refractivity contribution is 5.72. The minimum absolute atomic E-state index is 0.0186. The van der Waals surface area contributed by atoms with Gasteiger partial charge in [-0.25, -0.2) is 0 Å². The van der Waals surface area contributed by atoms with E-state index in [1.165, 1.54) is 6.92 Å². The van der Waals surface area contributed by atoms with Crippen molar-refractivity contribution < 1.29 is 14.3 Å². The van der Waals surface area contributed by atoms with Crippen LogP contribution in [0.3, 0.4) is 0 Å². The second-order valence-electron chi connectivity index (χ2n) is 4.03. The smallest absolute Gasteiger partial charge is 0.216 e. The number of hydrogen-bond acceptors (Lipinski definition) is 3. The van der Waals surface area contributed by atoms with E-state index >= 15 is 0 Å². The summed E-state index contributed by atoms with van der Waals surface area (Å²) in [7, 11) is 0. The summed E-state index contributed by atoms with van der Waals surface area (Å²) in [4.78, 5) is 10.8. The van der Waals surface area contributed by atoms with E-state index in [1.54, 1.807) is 0 Å². The van der Waals surface area contributed by atoms with E-state index in [-0.39, 0.29) is 11.7 Å². The highest BCUT2D eigenvalue weighted by Gasteiger charge is 2.47. The van der Waals surface area contributed by atoms with Crippen molar-refractivity contribution in [2.75, 3.05) is 19.8 Å². The molecule has 80 valence electrons. The van der Waals surface area contributed by atoms with Gasteiger partial charge in [-0.15, -0.1) is 0 Å². The summed E-state index contributed by atoms with van der Waals surface area (Å²) in [6, 6.07) is 0. The van der Waals surface area contributed by atoms with Crippen LogP contribution in [-0.4, -0.2) is 31.5 Å². The van der Waals surface area contributed by atoms with E-state index in [4.69, 9.17) is 9.47 Å². The lowest BCUT2D eigenvalue weighted by Gasteiger charge is -2.28. The molecule has 14 heavy (non-hydrogen) atoms. The fourth-order valence-corrected chi connectivity index (χ4v) is 2.31. The van der Waals surface area contributed by atoms with Gasteiger partial charge in [0.25, 0.3) is 0 Å². The van der Waals surface area contributed by atoms with Gasteiger partial charge in [0, 0.05) is 25.8 Å². The van der Waals surface area contributed by atoms with Crippen molar-refractivity contribution in [1.82, 2.24) is 5.32 Å². The monoisotopic (exact) mass is 199 g/mol. The summed E-state index contributed by atoms with van der Waals surface area (Å²) in [5.74, 6) is -0.0263. The molecule has 0 aliphatic carbocycles. The average Bonchev–Trinajstić information content (AvgIpc) is 2.74. The van der Waals surface area contributed by atoms with Crippen LogP contribution in [0.25, 0.3) is 0 Å². The summed E-state index contributed by atoms with van der Waals surface area (Å²) in [5.41, 5.74) is 0. The Kier molecular flexibility index (Phi) is 2.74. The molecule has 0 aromatic rings. The third-order valence-corrected chi connectivity index (χ3v) is 3.05. The van der Waals surface area contributed by atoms with E-state index < -0.39 is 0 Å². The molecule has 0 bridgehead atoms. The Morgan fingerprint density at radius 3 is 2.93 bits per heavy atom. The fourth-order valence-electron chi connectivity index (χ4n) is 2.31. The predicted molar refractivity (Wildman–Crippen MR) is 50.7 cm³/mol. The van der Waals surface area contributed by atoms with E-state index in [0.29, 0.717) is 12.5 Å². The second-order valence-corrected chi connectivity index (χ2v) is 4.03. The molecule has 2 atom stereocenters. The molecule has 2 heterocycles. The number of ether oxygens (including phenoxy) is 2. The lowest BCUT2D eigenvalue weighted by molar-refractivity contribution is -0.200. The molecule has 0 aromatic carbocycles. The standard InChI is InChI=1S/C10H17NO3/c1-8(12)11-7-9-3-6-14-10(9)4-2-5-13-10/h9H,2-7H2,1H3,(H,11,12). The molecule has 2 fully saturated rings. The first kappa shape index (κ1) is 9.93. The first-order chi connectivity index (χ1) is 6.73. The van der Waals surface area contributed by atoms with Crippen LogP contribution >= 0.6 is 0 Å². The van der Waals surface area contributed by atoms with Crippen molar-refractivity contribution in [2.45, 2.75) is 32.0 Å². The van der Waals surface area contributed by atoms with Crippen molar-refractivity contribution in [3.63, 3.8) is 0 Å². The van der Waals surface area contributed by atoms with Gasteiger partial charge in [-0.1, -0.05) is 0 Å². The van der Waals surface area contributed by atoms with Gasteiger partial charge in [0.05, 0.1) is 13.2 Å². The third-order valence-electron chi connectivity index (χ3n) is 3.05. The Labute approximate surface area is 84.0 Å². The van der Waals surface area contributed by atoms with Gasteiger partial charge in [0.2, 0.25) is 5.91 Å². The Hall–Kier alpha value is -0.610. The molecule has 1 amide bonds. The highest BCUT2D eigenvalue weighted by Crippen LogP contribution is 2.40. The van der Waals surface area contributed by atoms with Crippen LogP contribution in [0, 0.1) is 5.92 Å². The van der Waals surface area contributed by atoms with Crippen molar-refractivity contribution in [3.8, 4) is 0 Å². The zero-order valence-corrected chi connectivity index (χ0v) is 8.54. The van der Waals surface area contributed by atoms with E-state index in [2.05, 4.69) is 5.32 Å². The second kappa shape index (κ2) is 3.87. The van der Waals surface area contributed by atoms with Gasteiger partial charge in [0.1, 0.15) is 0 Å². The molecular formula is C10H17NO3. The Morgan fingerprint density at radius 1 is 1.50 bits per heavy atom. The molecule has 2 aliphatic rings. The maximum atomic E-state index is 10.8. The minimum Gasteiger partial charge on any atom is -0.356 e. The Morgan fingerprint density at radius 2 is 2.29 bits per heavy atom. The number of amides is 1. The molecule has 1 N–H and O–H groups in total. The topological polar surface area (TPSA) is 47.6 Å². The molecule has 0 radical (unpaired) electrons. The largest absolute Gasteiger partial charge is 0.356 e. The quantitative estimate of drug-likeness (QED) is 0.711. The van der Waals surface area contributed by atoms with Gasteiger partial charge in [-0.3, -0.25) is 4.79 Å². The lowest BCUT2D eigenvalue weighted by Crippen LogP contribution is -2.41. The molecular weight excluding hydrogens is 182 g/mol. The van der Waals surface area contributed by atoms with E-state index in [9.17, 15) is 4.79 Å². The predicted octanol–water partition coefficient (Wildman–Crippen LogP) is 0.666. The first-order valence-corrected chi connectivity index (χ1v) is 5.25. The maximum absolute atomic E-state index is 10.8. The highest BCUT2D eigenvalue weighted by atomic mass is 16.7. The van der Waals surface area contributed by atoms with Crippen LogP contribution in [0.4, 0.5) is 0 Å². The molecule has 2 unspecified atom stereocenters. The summed E-state index contributed by atoms with van der Waals surface area (Å²) >= 11 is 0. The number of nitrogens with one attached hydrogen (secondary N) is 1. The number of carbonyl (C=O) groups is 1. The first-order valence-electron chi connectivity index (χ1n) is 5.25. The normalized spacial score (nSPS) is 36.5. The summed E-state index contributed by atoms with van der Waals surface area (Å²) < 4.78 is 11.3. The van der Waals surface area contributed by atoms with Gasteiger partial charge in [-0.05, 0) is 12.8 Å². The molecule has 0 saturated carbocycles. The van der Waals surface area contributed by atoms with Crippen LogP contribution in [0.15, 0.2) is 0 Å². The van der Waals surface area contributed by atoms with Crippen LogP contribution < -0.4 is 5.32 Å². The zero-order chi connectivity index (χ0) is 10.0. The lowest BCUT2D eigenvalue weighted by atomic mass is 9.95. The average molecular weight is 199 g/mol. The van der Waals surface area contributed by atoms with Crippen LogP contribution in [0.5, 0.6) is 0 Å². The van der Waals surface area contributed by atoms with Crippen molar-refractivity contribution in [2.24, 2.45) is 5.92 Å². The summed E-state index contributed by atoms with van der Waals surface area (Å²) in [6.07, 6.45) is 3.02. The molecule has 2 aliphatic heterocycles. The maximum Gasteiger partial charge on any atom is 0.216 e. The van der Waals surface area contributed by atoms with E-state index in [1.807, 2.05) is 0 Å². The molecule has 0 aromatic heterocycles. The van der Waals surface area contributed by atoms with Crippen molar-refractivity contribution in [3.05, 3.63) is 0 Å². The van der Waals surface area contributed by atoms with Gasteiger partial charge in [-0.2, -0.15) is 0 Å². The number of carbonyl (C=O) groups excluding carboxylic acids is 1. The fraction of sp³-hybridized carbons (Fsp3) is 0.900. The SMILES string of the molecule is CC(=O)NCC1CCOC12CCCO2. The summed E-state index contributed by atoms with van der Waals surface area (Å²) in [5, 5.41) is 2.84. The molecule has 1 spiro atoms. The zero-order valence-electron chi connectivity index (χ0n) is 8.54. The number of rotatable bonds is 2. The van der Waals surface area contributed by atoms with Crippen LogP contribution in [0.2, 0.25) is 0 Å². The van der Waals surface area contributed by atoms with Crippen LogP contribution in [0.1, 0.15) is 26.2 Å². The van der Waals surface area contributed by atoms with Gasteiger partial charge >= 0.3 is 0 Å². The Balaban J connectivity index is 1.93. The van der Waals surface area contributed by atoms with E-state index in [0.717, 1.165) is 32.5 Å². The van der Waals surface area contributed by atoms with Gasteiger partial charge < -0.3 is 14.8 Å². The number of hydrogen-bond donors (Lipinski definition) is 1. The Bertz CT molecular complexity index is 218. The van der Waals surface area contributed by atoms with Crippen molar-refractivity contribution in [1.29, 1.82) is 0 Å². The molecule has 4 nitrogen and oxygen atoms in total. The van der Waals surface area contributed by atoms with Crippen LogP contribution in [-0.2, 0) is 14.3 Å². The van der Waals surface area contributed by atoms with Crippen molar-refractivity contribution >= 4 is 5.91 Å². The summed E-state index contributed by atoms with van der Waals surface area (Å²) in [6.45, 7) is 3.76. The molecule has 4 heteroatoms. The van der Waals surface area contributed by atoms with Gasteiger partial charge in [0.15, 0.2) is 5.79 Å². The molecule has 2 rings (SSSR count).